The Bertz CT molecular complexity index is 1050. The standard InChI is InChI=1S/C26H28FN3O/c1-29(2)25(31)26(13-6-16-30(26)19-20-7-5-9-23(27)17-20)18-22-8-3-4-10-24(22)21-11-14-28-15-12-21/h3-5,7-12,14-15,17H,6,13,16,18-19H2,1-2H3. The molecule has 0 spiro atoms. The largest absolute Gasteiger partial charge is 0.347 e. The van der Waals surface area contributed by atoms with E-state index in [-0.39, 0.29) is 11.7 Å². The first-order valence-corrected chi connectivity index (χ1v) is 10.7. The predicted octanol–water partition coefficient (Wildman–Crippen LogP) is 4.55. The van der Waals surface area contributed by atoms with Crippen LogP contribution in [-0.2, 0) is 17.8 Å². The van der Waals surface area contributed by atoms with Gasteiger partial charge in [0.15, 0.2) is 0 Å². The highest BCUT2D eigenvalue weighted by Gasteiger charge is 2.48. The number of likely N-dealkylation sites (tertiary alicyclic amines) is 1. The van der Waals surface area contributed by atoms with E-state index >= 15 is 0 Å². The van der Waals surface area contributed by atoms with E-state index in [1.54, 1.807) is 29.4 Å². The SMILES string of the molecule is CN(C)C(=O)C1(Cc2ccccc2-c2ccncc2)CCCN1Cc1cccc(F)c1. The topological polar surface area (TPSA) is 36.4 Å². The first kappa shape index (κ1) is 21.2. The number of halogens is 1. The van der Waals surface area contributed by atoms with Gasteiger partial charge < -0.3 is 4.90 Å². The number of aromatic nitrogens is 1. The zero-order chi connectivity index (χ0) is 21.8. The molecule has 3 aromatic rings. The molecule has 31 heavy (non-hydrogen) atoms. The number of carbonyl (C=O) groups is 1. The second-order valence-electron chi connectivity index (χ2n) is 8.46. The van der Waals surface area contributed by atoms with Gasteiger partial charge in [-0.05, 0) is 65.9 Å². The zero-order valence-electron chi connectivity index (χ0n) is 18.1. The van der Waals surface area contributed by atoms with Crippen LogP contribution in [0.15, 0.2) is 73.1 Å². The van der Waals surface area contributed by atoms with E-state index in [9.17, 15) is 9.18 Å². The third-order valence-corrected chi connectivity index (χ3v) is 6.18. The fraction of sp³-hybridized carbons (Fsp3) is 0.308. The molecule has 1 aliphatic heterocycles. The lowest BCUT2D eigenvalue weighted by atomic mass is 9.83. The maximum Gasteiger partial charge on any atom is 0.242 e. The Hall–Kier alpha value is -3.05. The van der Waals surface area contributed by atoms with Crippen LogP contribution >= 0.6 is 0 Å². The van der Waals surface area contributed by atoms with Gasteiger partial charge in [-0.2, -0.15) is 0 Å². The second-order valence-corrected chi connectivity index (χ2v) is 8.46. The summed E-state index contributed by atoms with van der Waals surface area (Å²) in [6, 6.07) is 18.9. The van der Waals surface area contributed by atoms with E-state index in [0.717, 1.165) is 41.6 Å². The van der Waals surface area contributed by atoms with Gasteiger partial charge in [-0.15, -0.1) is 0 Å². The normalized spacial score (nSPS) is 18.8. The van der Waals surface area contributed by atoms with Gasteiger partial charge in [-0.25, -0.2) is 4.39 Å². The van der Waals surface area contributed by atoms with E-state index in [0.29, 0.717) is 13.0 Å². The minimum Gasteiger partial charge on any atom is -0.347 e. The molecule has 0 bridgehead atoms. The molecule has 1 atom stereocenters. The number of amides is 1. The summed E-state index contributed by atoms with van der Waals surface area (Å²) in [5.74, 6) is -0.143. The predicted molar refractivity (Wildman–Crippen MR) is 121 cm³/mol. The lowest BCUT2D eigenvalue weighted by Gasteiger charge is -2.39. The summed E-state index contributed by atoms with van der Waals surface area (Å²) in [5, 5.41) is 0. The fourth-order valence-electron chi connectivity index (χ4n) is 4.76. The molecule has 0 N–H and O–H groups in total. The van der Waals surface area contributed by atoms with Gasteiger partial charge in [0.2, 0.25) is 5.91 Å². The second kappa shape index (κ2) is 8.98. The number of nitrogens with zero attached hydrogens (tertiary/aromatic N) is 3. The van der Waals surface area contributed by atoms with Crippen LogP contribution in [-0.4, -0.2) is 46.9 Å². The quantitative estimate of drug-likeness (QED) is 0.590. The van der Waals surface area contributed by atoms with Gasteiger partial charge in [0.25, 0.3) is 0 Å². The Morgan fingerprint density at radius 3 is 2.61 bits per heavy atom. The van der Waals surface area contributed by atoms with E-state index < -0.39 is 5.54 Å². The summed E-state index contributed by atoms with van der Waals surface area (Å²) in [6.07, 6.45) is 5.91. The van der Waals surface area contributed by atoms with Gasteiger partial charge in [-0.1, -0.05) is 36.4 Å². The Morgan fingerprint density at radius 1 is 1.10 bits per heavy atom. The van der Waals surface area contributed by atoms with Crippen LogP contribution < -0.4 is 0 Å². The Balaban J connectivity index is 1.73. The van der Waals surface area contributed by atoms with Crippen molar-refractivity contribution in [3.05, 3.63) is 90.0 Å². The van der Waals surface area contributed by atoms with Crippen LogP contribution in [0.5, 0.6) is 0 Å². The number of pyridine rings is 1. The first-order valence-electron chi connectivity index (χ1n) is 10.7. The van der Waals surface area contributed by atoms with Crippen molar-refractivity contribution in [1.29, 1.82) is 0 Å². The van der Waals surface area contributed by atoms with Gasteiger partial charge in [0.1, 0.15) is 11.4 Å². The van der Waals surface area contributed by atoms with Crippen molar-refractivity contribution in [3.63, 3.8) is 0 Å². The summed E-state index contributed by atoms with van der Waals surface area (Å²) >= 11 is 0. The number of rotatable bonds is 6. The van der Waals surface area contributed by atoms with E-state index in [1.807, 2.05) is 44.4 Å². The lowest BCUT2D eigenvalue weighted by Crippen LogP contribution is -2.56. The van der Waals surface area contributed by atoms with Crippen molar-refractivity contribution in [2.45, 2.75) is 31.3 Å². The molecule has 1 aliphatic rings. The molecule has 1 saturated heterocycles. The lowest BCUT2D eigenvalue weighted by molar-refractivity contribution is -0.140. The van der Waals surface area contributed by atoms with Gasteiger partial charge in [0.05, 0.1) is 0 Å². The van der Waals surface area contributed by atoms with Gasteiger partial charge in [0, 0.05) is 39.5 Å². The maximum absolute atomic E-state index is 13.8. The van der Waals surface area contributed by atoms with Crippen molar-refractivity contribution < 1.29 is 9.18 Å². The van der Waals surface area contributed by atoms with Crippen molar-refractivity contribution in [2.24, 2.45) is 0 Å². The zero-order valence-corrected chi connectivity index (χ0v) is 18.1. The molecule has 1 amide bonds. The highest BCUT2D eigenvalue weighted by atomic mass is 19.1. The molecule has 1 unspecified atom stereocenters. The number of likely N-dealkylation sites (N-methyl/N-ethyl adjacent to an activating group) is 1. The maximum atomic E-state index is 13.8. The van der Waals surface area contributed by atoms with Gasteiger partial charge in [-0.3, -0.25) is 14.7 Å². The molecule has 5 heteroatoms. The molecule has 0 saturated carbocycles. The molecule has 4 rings (SSSR count). The molecular formula is C26H28FN3O. The summed E-state index contributed by atoms with van der Waals surface area (Å²) in [5.41, 5.74) is 3.58. The molecule has 2 aromatic carbocycles. The molecule has 0 aliphatic carbocycles. The molecule has 1 aromatic heterocycles. The van der Waals surface area contributed by atoms with Crippen LogP contribution in [0.3, 0.4) is 0 Å². The van der Waals surface area contributed by atoms with Gasteiger partial charge >= 0.3 is 0 Å². The molecular weight excluding hydrogens is 389 g/mol. The van der Waals surface area contributed by atoms with E-state index in [2.05, 4.69) is 22.0 Å². The molecule has 0 radical (unpaired) electrons. The number of hydrogen-bond acceptors (Lipinski definition) is 3. The van der Waals surface area contributed by atoms with E-state index in [4.69, 9.17) is 0 Å². The smallest absolute Gasteiger partial charge is 0.242 e. The summed E-state index contributed by atoms with van der Waals surface area (Å²) in [4.78, 5) is 21.7. The molecule has 2 heterocycles. The third kappa shape index (κ3) is 4.37. The minimum absolute atomic E-state index is 0.103. The summed E-state index contributed by atoms with van der Waals surface area (Å²) in [7, 11) is 3.63. The molecule has 4 nitrogen and oxygen atoms in total. The van der Waals surface area contributed by atoms with Crippen LogP contribution in [0.1, 0.15) is 24.0 Å². The highest BCUT2D eigenvalue weighted by Crippen LogP contribution is 2.38. The van der Waals surface area contributed by atoms with Crippen molar-refractivity contribution in [2.75, 3.05) is 20.6 Å². The molecule has 1 fully saturated rings. The van der Waals surface area contributed by atoms with Crippen LogP contribution in [0.25, 0.3) is 11.1 Å². The average Bonchev–Trinajstić information content (AvgIpc) is 3.17. The van der Waals surface area contributed by atoms with Crippen molar-refractivity contribution in [1.82, 2.24) is 14.8 Å². The number of benzene rings is 2. The van der Waals surface area contributed by atoms with E-state index in [1.165, 1.54) is 6.07 Å². The fourth-order valence-corrected chi connectivity index (χ4v) is 4.76. The van der Waals surface area contributed by atoms with Crippen LogP contribution in [0.2, 0.25) is 0 Å². The first-order chi connectivity index (χ1) is 15.0. The Labute approximate surface area is 183 Å². The van der Waals surface area contributed by atoms with Crippen LogP contribution in [0.4, 0.5) is 4.39 Å². The van der Waals surface area contributed by atoms with Crippen molar-refractivity contribution >= 4 is 5.91 Å². The average molecular weight is 418 g/mol. The summed E-state index contributed by atoms with van der Waals surface area (Å²) in [6.45, 7) is 1.36. The highest BCUT2D eigenvalue weighted by molar-refractivity contribution is 5.87. The number of hydrogen-bond donors (Lipinski definition) is 0. The van der Waals surface area contributed by atoms with Crippen LogP contribution in [0, 0.1) is 5.82 Å². The molecule has 160 valence electrons. The minimum atomic E-state index is -0.654. The summed E-state index contributed by atoms with van der Waals surface area (Å²) < 4.78 is 13.8. The van der Waals surface area contributed by atoms with Crippen molar-refractivity contribution in [3.8, 4) is 11.1 Å². The third-order valence-electron chi connectivity index (χ3n) is 6.18. The number of carbonyl (C=O) groups excluding carboxylic acids is 1. The Morgan fingerprint density at radius 2 is 1.87 bits per heavy atom. The Kier molecular flexibility index (Phi) is 6.14. The monoisotopic (exact) mass is 417 g/mol.